The average Bonchev–Trinajstić information content (AvgIpc) is 2.95. The first kappa shape index (κ1) is 25.3. The first-order valence-electron chi connectivity index (χ1n) is 13.6. The maximum atomic E-state index is 6.10. The molecule has 0 radical (unpaired) electrons. The largest absolute Gasteiger partial charge is 0.382 e. The highest BCUT2D eigenvalue weighted by Crippen LogP contribution is 2.39. The molecule has 37 heavy (non-hydrogen) atoms. The fourth-order valence-corrected chi connectivity index (χ4v) is 5.66. The minimum atomic E-state index is -0.279. The summed E-state index contributed by atoms with van der Waals surface area (Å²) in [5.41, 5.74) is 19.2. The van der Waals surface area contributed by atoms with Gasteiger partial charge in [0.1, 0.15) is 0 Å². The van der Waals surface area contributed by atoms with Crippen LogP contribution < -0.4 is 21.7 Å². The van der Waals surface area contributed by atoms with E-state index in [9.17, 15) is 0 Å². The van der Waals surface area contributed by atoms with Crippen LogP contribution in [0, 0.1) is 5.41 Å². The van der Waals surface area contributed by atoms with Crippen molar-refractivity contribution in [2.24, 2.45) is 16.9 Å². The third-order valence-corrected chi connectivity index (χ3v) is 8.07. The number of allylic oxidation sites excluding steroid dienone is 3. The quantitative estimate of drug-likeness (QED) is 0.353. The van der Waals surface area contributed by atoms with Crippen molar-refractivity contribution in [3.05, 3.63) is 102 Å². The highest BCUT2D eigenvalue weighted by Gasteiger charge is 2.24. The molecule has 1 saturated carbocycles. The summed E-state index contributed by atoms with van der Waals surface area (Å²) in [4.78, 5) is 2.13. The molecule has 0 amide bonds. The van der Waals surface area contributed by atoms with Gasteiger partial charge in [-0.1, -0.05) is 86.0 Å². The number of nitrogens with one attached hydrogen (secondary N) is 1. The van der Waals surface area contributed by atoms with Crippen molar-refractivity contribution in [2.45, 2.75) is 38.1 Å². The Morgan fingerprint density at radius 2 is 1.49 bits per heavy atom. The number of rotatable bonds is 7. The molecule has 0 unspecified atom stereocenters. The molecule has 0 aliphatic heterocycles. The number of hydrogen-bond donors (Lipinski definition) is 3. The highest BCUT2D eigenvalue weighted by molar-refractivity contribution is 6.04. The number of anilines is 2. The van der Waals surface area contributed by atoms with Gasteiger partial charge in [-0.25, -0.2) is 0 Å². The van der Waals surface area contributed by atoms with Crippen molar-refractivity contribution < 1.29 is 0 Å². The van der Waals surface area contributed by atoms with Gasteiger partial charge in [0.15, 0.2) is 0 Å². The number of benzene rings is 3. The SMILES string of the molecule is CN(C)c1ccc(C(=C2C=CC(CN)(CN)C=C2)c2ccc(NC3CCCCC3)c3ccccc23)cc1. The van der Waals surface area contributed by atoms with Gasteiger partial charge in [0.05, 0.1) is 0 Å². The van der Waals surface area contributed by atoms with E-state index < -0.39 is 0 Å². The van der Waals surface area contributed by atoms with Gasteiger partial charge in [-0.15, -0.1) is 0 Å². The van der Waals surface area contributed by atoms with E-state index in [0.717, 1.165) is 0 Å². The zero-order valence-corrected chi connectivity index (χ0v) is 22.2. The Balaban J connectivity index is 1.65. The second-order valence-corrected chi connectivity index (χ2v) is 10.8. The summed E-state index contributed by atoms with van der Waals surface area (Å²) >= 11 is 0. The Bertz CT molecular complexity index is 1300. The van der Waals surface area contributed by atoms with Crippen LogP contribution in [0.25, 0.3) is 16.3 Å². The molecule has 4 nitrogen and oxygen atoms in total. The summed E-state index contributed by atoms with van der Waals surface area (Å²) < 4.78 is 0. The maximum absolute atomic E-state index is 6.10. The van der Waals surface area contributed by atoms with E-state index in [2.05, 4.69) is 109 Å². The van der Waals surface area contributed by atoms with Gasteiger partial charge in [-0.3, -0.25) is 0 Å². The fourth-order valence-electron chi connectivity index (χ4n) is 5.66. The van der Waals surface area contributed by atoms with Gasteiger partial charge in [0, 0.05) is 55.4 Å². The van der Waals surface area contributed by atoms with E-state index in [4.69, 9.17) is 11.5 Å². The lowest BCUT2D eigenvalue weighted by Crippen LogP contribution is -2.35. The van der Waals surface area contributed by atoms with Crippen LogP contribution in [-0.2, 0) is 0 Å². The normalized spacial score (nSPS) is 17.2. The van der Waals surface area contributed by atoms with Crippen LogP contribution in [-0.4, -0.2) is 33.2 Å². The van der Waals surface area contributed by atoms with Crippen LogP contribution in [0.2, 0.25) is 0 Å². The first-order chi connectivity index (χ1) is 18.0. The summed E-state index contributed by atoms with van der Waals surface area (Å²) in [7, 11) is 4.15. The van der Waals surface area contributed by atoms with Crippen molar-refractivity contribution in [1.29, 1.82) is 0 Å². The average molecular weight is 493 g/mol. The Morgan fingerprint density at radius 3 is 2.11 bits per heavy atom. The zero-order chi connectivity index (χ0) is 25.8. The molecule has 0 atom stereocenters. The molecule has 4 heteroatoms. The molecule has 5 rings (SSSR count). The topological polar surface area (TPSA) is 67.3 Å². The third kappa shape index (κ3) is 5.22. The molecule has 0 spiro atoms. The number of nitrogens with two attached hydrogens (primary N) is 2. The summed E-state index contributed by atoms with van der Waals surface area (Å²) in [6.07, 6.45) is 15.3. The smallest absolute Gasteiger partial charge is 0.0422 e. The molecule has 5 N–H and O–H groups in total. The molecule has 1 fully saturated rings. The maximum Gasteiger partial charge on any atom is 0.0422 e. The summed E-state index contributed by atoms with van der Waals surface area (Å²) in [5, 5.41) is 6.41. The Kier molecular flexibility index (Phi) is 7.50. The number of fused-ring (bicyclic) bond motifs is 1. The lowest BCUT2D eigenvalue weighted by atomic mass is 9.80. The van der Waals surface area contributed by atoms with E-state index >= 15 is 0 Å². The predicted octanol–water partition coefficient (Wildman–Crippen LogP) is 6.48. The van der Waals surface area contributed by atoms with E-state index in [-0.39, 0.29) is 5.41 Å². The van der Waals surface area contributed by atoms with E-state index in [0.29, 0.717) is 19.1 Å². The summed E-state index contributed by atoms with van der Waals surface area (Å²) in [6.45, 7) is 1.00. The van der Waals surface area contributed by atoms with Gasteiger partial charge in [-0.2, -0.15) is 0 Å². The molecule has 0 heterocycles. The third-order valence-electron chi connectivity index (χ3n) is 8.07. The van der Waals surface area contributed by atoms with Crippen LogP contribution in [0.15, 0.2) is 90.5 Å². The van der Waals surface area contributed by atoms with Crippen molar-refractivity contribution in [3.8, 4) is 0 Å². The monoisotopic (exact) mass is 492 g/mol. The minimum absolute atomic E-state index is 0.279. The molecule has 3 aromatic rings. The van der Waals surface area contributed by atoms with Crippen molar-refractivity contribution in [3.63, 3.8) is 0 Å². The molecule has 2 aliphatic rings. The Labute approximate surface area is 221 Å². The minimum Gasteiger partial charge on any atom is -0.382 e. The van der Waals surface area contributed by atoms with Crippen molar-refractivity contribution >= 4 is 27.7 Å². The Hall–Kier alpha value is -3.34. The molecule has 3 aromatic carbocycles. The predicted molar refractivity (Wildman–Crippen MR) is 160 cm³/mol. The molecule has 2 aliphatic carbocycles. The van der Waals surface area contributed by atoms with Crippen LogP contribution in [0.1, 0.15) is 43.2 Å². The number of nitrogens with zero attached hydrogens (tertiary/aromatic N) is 1. The van der Waals surface area contributed by atoms with E-state index in [1.807, 2.05) is 0 Å². The second-order valence-electron chi connectivity index (χ2n) is 10.8. The van der Waals surface area contributed by atoms with Gasteiger partial charge in [0.25, 0.3) is 0 Å². The van der Waals surface area contributed by atoms with Gasteiger partial charge >= 0.3 is 0 Å². The van der Waals surface area contributed by atoms with E-state index in [1.165, 1.54) is 76.5 Å². The molecule has 0 aromatic heterocycles. The highest BCUT2D eigenvalue weighted by atomic mass is 15.1. The van der Waals surface area contributed by atoms with Gasteiger partial charge in [0.2, 0.25) is 0 Å². The second kappa shape index (κ2) is 11.0. The van der Waals surface area contributed by atoms with Gasteiger partial charge in [-0.05, 0) is 58.7 Å². The molecule has 0 saturated heterocycles. The molecular formula is C33H40N4. The standard InChI is InChI=1S/C33H40N4/c1-37(2)27-14-12-24(13-15-27)32(25-18-20-33(22-34,23-35)21-19-25)30-16-17-31(29-11-7-6-10-28(29)30)36-26-8-4-3-5-9-26/h6-7,10-21,26,36H,3-5,8-9,22-23,34-35H2,1-2H3. The van der Waals surface area contributed by atoms with Crippen molar-refractivity contribution in [1.82, 2.24) is 0 Å². The zero-order valence-electron chi connectivity index (χ0n) is 22.2. The van der Waals surface area contributed by atoms with Crippen molar-refractivity contribution in [2.75, 3.05) is 37.4 Å². The van der Waals surface area contributed by atoms with E-state index in [1.54, 1.807) is 0 Å². The van der Waals surface area contributed by atoms with Gasteiger partial charge < -0.3 is 21.7 Å². The van der Waals surface area contributed by atoms with Crippen LogP contribution in [0.5, 0.6) is 0 Å². The molecule has 192 valence electrons. The van der Waals surface area contributed by atoms with Crippen LogP contribution in [0.3, 0.4) is 0 Å². The van der Waals surface area contributed by atoms with Crippen LogP contribution >= 0.6 is 0 Å². The summed E-state index contributed by atoms with van der Waals surface area (Å²) in [5.74, 6) is 0. The Morgan fingerprint density at radius 1 is 0.838 bits per heavy atom. The lowest BCUT2D eigenvalue weighted by Gasteiger charge is -2.28. The fraction of sp³-hybridized carbons (Fsp3) is 0.333. The lowest BCUT2D eigenvalue weighted by molar-refractivity contribution is 0.463. The summed E-state index contributed by atoms with van der Waals surface area (Å²) in [6, 6.07) is 22.8. The van der Waals surface area contributed by atoms with Crippen LogP contribution in [0.4, 0.5) is 11.4 Å². The number of hydrogen-bond acceptors (Lipinski definition) is 4. The molecule has 0 bridgehead atoms. The molecular weight excluding hydrogens is 452 g/mol. The first-order valence-corrected chi connectivity index (χ1v) is 13.6.